The predicted octanol–water partition coefficient (Wildman–Crippen LogP) is 1.97. The Morgan fingerprint density at radius 1 is 1.12 bits per heavy atom. The molecule has 2 rings (SSSR count). The van der Waals surface area contributed by atoms with Crippen molar-refractivity contribution in [3.63, 3.8) is 0 Å². The molecule has 0 bridgehead atoms. The van der Waals surface area contributed by atoms with Gasteiger partial charge < -0.3 is 11.2 Å². The van der Waals surface area contributed by atoms with Crippen LogP contribution in [0.25, 0.3) is 0 Å². The molecule has 0 saturated heterocycles. The van der Waals surface area contributed by atoms with E-state index in [1.165, 1.54) is 0 Å². The van der Waals surface area contributed by atoms with E-state index >= 15 is 0 Å². The summed E-state index contributed by atoms with van der Waals surface area (Å²) in [7, 11) is 0. The molecule has 0 aliphatic carbocycles. The molecule has 0 fully saturated rings. The fourth-order valence-electron chi connectivity index (χ4n) is 0.912. The van der Waals surface area contributed by atoms with Crippen molar-refractivity contribution in [1.82, 2.24) is 5.43 Å². The van der Waals surface area contributed by atoms with Crippen LogP contribution in [0.2, 0.25) is 0 Å². The van der Waals surface area contributed by atoms with Crippen LogP contribution in [0.3, 0.4) is 0 Å². The van der Waals surface area contributed by atoms with Crippen molar-refractivity contribution in [2.24, 2.45) is 5.73 Å². The van der Waals surface area contributed by atoms with Gasteiger partial charge in [0, 0.05) is 0 Å². The molecule has 5 heteroatoms. The number of nitrogens with two attached hydrogens (primary N) is 1. The summed E-state index contributed by atoms with van der Waals surface area (Å²) >= 11 is 4.57. The second-order valence-electron chi connectivity index (χ2n) is 2.75. The van der Waals surface area contributed by atoms with Gasteiger partial charge in [-0.15, -0.1) is 0 Å². The van der Waals surface area contributed by atoms with Crippen molar-refractivity contribution in [3.05, 3.63) is 54.6 Å². The Hall–Kier alpha value is -1.29. The molecule has 0 radical (unpaired) electrons. The average Bonchev–Trinajstić information content (AvgIpc) is 2.91. The van der Waals surface area contributed by atoms with Crippen LogP contribution in [0.4, 0.5) is 5.69 Å². The zero-order valence-electron chi connectivity index (χ0n) is 8.54. The summed E-state index contributed by atoms with van der Waals surface area (Å²) in [5.41, 5.74) is 11.5. The molecule has 3 nitrogen and oxygen atoms in total. The Morgan fingerprint density at radius 3 is 2.06 bits per heavy atom. The van der Waals surface area contributed by atoms with Gasteiger partial charge in [0.15, 0.2) is 5.11 Å². The van der Waals surface area contributed by atoms with E-state index in [-0.39, 0.29) is 22.2 Å². The van der Waals surface area contributed by atoms with Gasteiger partial charge in [0.1, 0.15) is 0 Å². The van der Waals surface area contributed by atoms with Crippen LogP contribution in [-0.4, -0.2) is 5.11 Å². The van der Waals surface area contributed by atoms with E-state index in [4.69, 9.17) is 5.73 Å². The number of nitrogens with one attached hydrogen (secondary N) is 2. The van der Waals surface area contributed by atoms with Crippen molar-refractivity contribution >= 4 is 23.0 Å². The van der Waals surface area contributed by atoms with Crippen LogP contribution in [0.5, 0.6) is 0 Å². The van der Waals surface area contributed by atoms with E-state index in [0.29, 0.717) is 0 Å². The maximum absolute atomic E-state index is 5.17. The Balaban J connectivity index is 0.000000318. The van der Waals surface area contributed by atoms with Gasteiger partial charge >= 0.3 is 17.1 Å². The van der Waals surface area contributed by atoms with Gasteiger partial charge in [-0.05, 0) is 12.2 Å². The van der Waals surface area contributed by atoms with Gasteiger partial charge in [0.25, 0.3) is 0 Å². The minimum absolute atomic E-state index is 0. The minimum Gasteiger partial charge on any atom is -0.375 e. The normalized spacial score (nSPS) is 8.00. The second kappa shape index (κ2) is 8.97. The van der Waals surface area contributed by atoms with Crippen LogP contribution in [0.1, 0.15) is 0 Å². The van der Waals surface area contributed by atoms with Gasteiger partial charge in [0.2, 0.25) is 0 Å². The molecular weight excluding hydrogens is 262 g/mol. The summed E-state index contributed by atoms with van der Waals surface area (Å²) in [5, 5.41) is 0.237. The first-order valence-corrected chi connectivity index (χ1v) is 4.90. The number of rotatable bonds is 2. The molecule has 0 heterocycles. The number of hydrogen-bond donors (Lipinski definition) is 3. The van der Waals surface area contributed by atoms with Crippen LogP contribution in [-0.2, 0) is 17.1 Å². The van der Waals surface area contributed by atoms with Crippen LogP contribution in [0.15, 0.2) is 54.6 Å². The van der Waals surface area contributed by atoms with E-state index in [9.17, 15) is 0 Å². The van der Waals surface area contributed by atoms with Crippen LogP contribution in [0, 0.1) is 0 Å². The molecule has 0 unspecified atom stereocenters. The zero-order chi connectivity index (χ0) is 10.9. The second-order valence-corrected chi connectivity index (χ2v) is 3.19. The molecule has 2 aromatic carbocycles. The number of hydrogen-bond acceptors (Lipinski definition) is 2. The Morgan fingerprint density at radius 2 is 1.69 bits per heavy atom. The number of anilines is 1. The Kier molecular flexibility index (Phi) is 8.25. The third-order valence-corrected chi connectivity index (χ3v) is 1.65. The smallest absolute Gasteiger partial charge is 0.375 e. The number of thiocarbonyl (C=S) groups is 1. The van der Waals surface area contributed by atoms with Crippen molar-refractivity contribution in [3.8, 4) is 0 Å². The quantitative estimate of drug-likeness (QED) is 0.339. The molecule has 2 aromatic rings. The van der Waals surface area contributed by atoms with Gasteiger partial charge in [-0.2, -0.15) is 30.3 Å². The van der Waals surface area contributed by atoms with Crippen LogP contribution < -0.4 is 16.6 Å². The topological polar surface area (TPSA) is 50.1 Å². The van der Waals surface area contributed by atoms with Gasteiger partial charge in [-0.25, -0.2) is 24.3 Å². The molecule has 0 aliphatic heterocycles. The van der Waals surface area contributed by atoms with E-state index in [2.05, 4.69) is 23.1 Å². The fraction of sp³-hybridized carbons (Fsp3) is 0. The largest absolute Gasteiger partial charge is 2.00 e. The van der Waals surface area contributed by atoms with E-state index in [1.807, 2.05) is 54.6 Å². The molecule has 0 amide bonds. The monoisotopic (exact) mass is 275 g/mol. The third-order valence-electron chi connectivity index (χ3n) is 1.55. The first-order valence-electron chi connectivity index (χ1n) is 4.49. The molecule has 0 atom stereocenters. The maximum Gasteiger partial charge on any atom is 2.00 e. The third kappa shape index (κ3) is 7.06. The summed E-state index contributed by atoms with van der Waals surface area (Å²) < 4.78 is 0. The Bertz CT molecular complexity index is 339. The first-order chi connectivity index (χ1) is 7.29. The minimum atomic E-state index is 0. The molecule has 16 heavy (non-hydrogen) atoms. The summed E-state index contributed by atoms with van der Waals surface area (Å²) in [6, 6.07) is 17.7. The summed E-state index contributed by atoms with van der Waals surface area (Å²) in [6.07, 6.45) is 0. The van der Waals surface area contributed by atoms with E-state index in [1.54, 1.807) is 0 Å². The van der Waals surface area contributed by atoms with E-state index < -0.39 is 0 Å². The van der Waals surface area contributed by atoms with Gasteiger partial charge in [-0.1, -0.05) is 5.69 Å². The first kappa shape index (κ1) is 14.7. The fourth-order valence-corrected chi connectivity index (χ4v) is 0.963. The SMILES string of the molecule is NC(=S)NN[c-]1cccc1.[Fe+2].c1cc[cH-]c1. The molecular formula is C11H13FeN3S. The predicted molar refractivity (Wildman–Crippen MR) is 67.6 cm³/mol. The van der Waals surface area contributed by atoms with Crippen molar-refractivity contribution in [2.75, 3.05) is 5.43 Å². The van der Waals surface area contributed by atoms with Gasteiger partial charge in [-0.3, -0.25) is 5.43 Å². The van der Waals surface area contributed by atoms with Crippen molar-refractivity contribution < 1.29 is 17.1 Å². The van der Waals surface area contributed by atoms with Crippen LogP contribution >= 0.6 is 12.2 Å². The molecule has 0 aromatic heterocycles. The van der Waals surface area contributed by atoms with Gasteiger partial charge in [0.05, 0.1) is 0 Å². The van der Waals surface area contributed by atoms with Crippen molar-refractivity contribution in [2.45, 2.75) is 0 Å². The van der Waals surface area contributed by atoms with Crippen molar-refractivity contribution in [1.29, 1.82) is 0 Å². The molecule has 0 aliphatic rings. The summed E-state index contributed by atoms with van der Waals surface area (Å²) in [6.45, 7) is 0. The molecule has 86 valence electrons. The Labute approximate surface area is 111 Å². The van der Waals surface area contributed by atoms with E-state index in [0.717, 1.165) is 5.69 Å². The zero-order valence-corrected chi connectivity index (χ0v) is 10.5. The number of hydrazine groups is 1. The molecule has 4 N–H and O–H groups in total. The molecule has 0 spiro atoms. The summed E-state index contributed by atoms with van der Waals surface area (Å²) in [5.74, 6) is 0. The summed E-state index contributed by atoms with van der Waals surface area (Å²) in [4.78, 5) is 0. The standard InChI is InChI=1S/C6H8N3S.C5H5.Fe/c7-6(10)9-8-5-3-1-2-4-5;1-2-4-5-3-1;/h1-4,8H,(H3,7,9,10);1-5H;/q2*-1;+2. The average molecular weight is 275 g/mol. The maximum atomic E-state index is 5.17. The molecule has 0 saturated carbocycles.